The van der Waals surface area contributed by atoms with E-state index in [0.717, 1.165) is 28.9 Å². The van der Waals surface area contributed by atoms with Gasteiger partial charge < -0.3 is 29.1 Å². The van der Waals surface area contributed by atoms with Gasteiger partial charge in [0.2, 0.25) is 0 Å². The van der Waals surface area contributed by atoms with Crippen LogP contribution in [0.3, 0.4) is 0 Å². The molecule has 2 heterocycles. The molecular formula is C24H28BN4O11P3. The van der Waals surface area contributed by atoms with Crippen LogP contribution in [0.15, 0.2) is 48.5 Å². The van der Waals surface area contributed by atoms with Gasteiger partial charge in [-0.1, -0.05) is 60.7 Å². The summed E-state index contributed by atoms with van der Waals surface area (Å²) in [5.41, 5.74) is 6.13. The van der Waals surface area contributed by atoms with Gasteiger partial charge in [-0.25, -0.2) is 18.4 Å². The number of aromatic nitrogens is 3. The van der Waals surface area contributed by atoms with Gasteiger partial charge in [0, 0.05) is 11.1 Å². The molecule has 2 radical (unpaired) electrons. The number of hydrogen-bond donors (Lipinski definition) is 4. The summed E-state index contributed by atoms with van der Waals surface area (Å²) >= 11 is 0. The van der Waals surface area contributed by atoms with E-state index >= 15 is 0 Å². The highest BCUT2D eigenvalue weighted by Crippen LogP contribution is 2.66. The first kappa shape index (κ1) is 31.0. The molecule has 19 heteroatoms. The maximum atomic E-state index is 12.1. The van der Waals surface area contributed by atoms with Crippen molar-refractivity contribution < 1.29 is 51.2 Å². The highest BCUT2D eigenvalue weighted by molar-refractivity contribution is 7.66. The van der Waals surface area contributed by atoms with E-state index in [2.05, 4.69) is 43.2 Å². The minimum atomic E-state index is -5.62. The summed E-state index contributed by atoms with van der Waals surface area (Å²) in [7, 11) is -9.93. The number of hydrogen-bond acceptors (Lipinski definition) is 10. The zero-order valence-electron chi connectivity index (χ0n) is 22.7. The van der Waals surface area contributed by atoms with Gasteiger partial charge in [0.25, 0.3) is 0 Å². The maximum Gasteiger partial charge on any atom is 0.490 e. The number of ether oxygens (including phenoxy) is 1. The smallest absolute Gasteiger partial charge is 0.358 e. The SMILES string of the molecule is [B]N(Cn1nnc2c1-c1ccccc1C1CC1c1ccccc1-2)[C@H]1CC(C)[C@@H](COP(=O)(O)OP(=O)(O)OP(=O)(O)O)O1. The molecule has 2 aliphatic carbocycles. The lowest BCUT2D eigenvalue weighted by Crippen LogP contribution is -2.35. The molecular weight excluding hydrogens is 624 g/mol. The second-order valence-corrected chi connectivity index (χ2v) is 15.2. The van der Waals surface area contributed by atoms with Gasteiger partial charge >= 0.3 is 23.5 Å². The molecule has 15 nitrogen and oxygen atoms in total. The third-order valence-electron chi connectivity index (χ3n) is 7.78. The fourth-order valence-corrected chi connectivity index (χ4v) is 8.84. The normalized spacial score (nSPS) is 27.2. The summed E-state index contributed by atoms with van der Waals surface area (Å²) < 4.78 is 54.5. The quantitative estimate of drug-likeness (QED) is 0.183. The summed E-state index contributed by atoms with van der Waals surface area (Å²) in [5.74, 6) is 0.591. The first-order valence-corrected chi connectivity index (χ1v) is 17.8. The molecule has 228 valence electrons. The van der Waals surface area contributed by atoms with E-state index in [0.29, 0.717) is 18.3 Å². The summed E-state index contributed by atoms with van der Waals surface area (Å²) in [6.07, 6.45) is 0.0238. The Morgan fingerprint density at radius 3 is 2.26 bits per heavy atom. The van der Waals surface area contributed by atoms with Crippen LogP contribution >= 0.6 is 23.5 Å². The summed E-state index contributed by atoms with van der Waals surface area (Å²) in [4.78, 5) is 37.9. The Labute approximate surface area is 247 Å². The Morgan fingerprint density at radius 2 is 1.58 bits per heavy atom. The average Bonchev–Trinajstić information content (AvgIpc) is 3.44. The van der Waals surface area contributed by atoms with E-state index in [4.69, 9.17) is 27.0 Å². The summed E-state index contributed by atoms with van der Waals surface area (Å²) in [5, 5.41) is 9.02. The number of benzene rings is 2. The molecule has 43 heavy (non-hydrogen) atoms. The van der Waals surface area contributed by atoms with E-state index in [1.54, 1.807) is 11.6 Å². The molecule has 3 aromatic rings. The highest BCUT2D eigenvalue weighted by atomic mass is 31.3. The Morgan fingerprint density at radius 1 is 0.953 bits per heavy atom. The zero-order chi connectivity index (χ0) is 30.7. The van der Waals surface area contributed by atoms with E-state index in [1.807, 2.05) is 24.3 Å². The van der Waals surface area contributed by atoms with Crippen LogP contribution in [0.1, 0.15) is 42.7 Å². The fourth-order valence-electron chi connectivity index (χ4n) is 5.81. The summed E-state index contributed by atoms with van der Waals surface area (Å²) in [6.45, 7) is 1.34. The van der Waals surface area contributed by atoms with Gasteiger partial charge in [0.15, 0.2) is 7.98 Å². The van der Waals surface area contributed by atoms with Gasteiger partial charge in [-0.05, 0) is 41.7 Å². The van der Waals surface area contributed by atoms with Crippen LogP contribution in [0.2, 0.25) is 0 Å². The molecule has 4 N–H and O–H groups in total. The Bertz CT molecular complexity index is 1690. The Balaban J connectivity index is 1.17. The maximum absolute atomic E-state index is 12.1. The van der Waals surface area contributed by atoms with E-state index in [1.165, 1.54) is 15.9 Å². The van der Waals surface area contributed by atoms with Crippen molar-refractivity contribution in [1.29, 1.82) is 0 Å². The molecule has 2 fully saturated rings. The Hall–Kier alpha value is -2.03. The number of fused-ring (bicyclic) bond motifs is 8. The lowest BCUT2D eigenvalue weighted by molar-refractivity contribution is -0.0497. The second-order valence-electron chi connectivity index (χ2n) is 10.8. The van der Waals surface area contributed by atoms with Crippen molar-refractivity contribution in [1.82, 2.24) is 19.8 Å². The number of phosphoric ester groups is 1. The molecule has 0 spiro atoms. The van der Waals surface area contributed by atoms with Crippen LogP contribution in [0.25, 0.3) is 22.5 Å². The molecule has 6 rings (SSSR count). The molecule has 7 atom stereocenters. The Kier molecular flexibility index (Phi) is 8.21. The minimum absolute atomic E-state index is 0.104. The van der Waals surface area contributed by atoms with E-state index in [9.17, 15) is 23.5 Å². The van der Waals surface area contributed by atoms with Crippen LogP contribution in [0, 0.1) is 5.92 Å². The predicted octanol–water partition coefficient (Wildman–Crippen LogP) is 3.63. The molecule has 1 saturated heterocycles. The predicted molar refractivity (Wildman–Crippen MR) is 151 cm³/mol. The van der Waals surface area contributed by atoms with Crippen molar-refractivity contribution in [3.8, 4) is 22.5 Å². The number of phosphoric acid groups is 3. The van der Waals surface area contributed by atoms with Gasteiger partial charge in [-0.15, -0.1) is 5.10 Å². The van der Waals surface area contributed by atoms with Gasteiger partial charge in [0.1, 0.15) is 11.9 Å². The van der Waals surface area contributed by atoms with E-state index < -0.39 is 42.4 Å². The highest BCUT2D eigenvalue weighted by Gasteiger charge is 2.45. The number of nitrogens with zero attached hydrogens (tertiary/aromatic N) is 4. The van der Waals surface area contributed by atoms with Crippen LogP contribution in [-0.4, -0.2) is 66.3 Å². The number of rotatable bonds is 10. The molecule has 1 saturated carbocycles. The molecule has 0 amide bonds. The van der Waals surface area contributed by atoms with Crippen molar-refractivity contribution in [3.05, 3.63) is 59.7 Å². The summed E-state index contributed by atoms with van der Waals surface area (Å²) in [6, 6.07) is 16.4. The zero-order valence-corrected chi connectivity index (χ0v) is 25.4. The van der Waals surface area contributed by atoms with Gasteiger partial charge in [0.05, 0.1) is 25.1 Å². The first-order chi connectivity index (χ1) is 20.2. The second kappa shape index (κ2) is 11.4. The largest absolute Gasteiger partial charge is 0.490 e. The standard InChI is InChI=1S/C24H28BN4O11P3/c1-14-10-22(38-21(14)12-37-42(33,34)40-43(35,36)39-41(30,31)32)28(25)13-29-24-18-9-5-3-7-16(18)20-11-19(20)15-6-2-4-8-17(15)23(24)26-27-29/h2-9,14,19-22H,10-13H2,1H3,(H,33,34)(H,35,36)(H2,30,31,32)/t14?,19?,20?,21-,22-/m1/s1. The lowest BCUT2D eigenvalue weighted by atomic mass is 9.89. The van der Waals surface area contributed by atoms with Crippen molar-refractivity contribution in [2.45, 2.75) is 50.6 Å². The molecule has 1 aliphatic heterocycles. The fraction of sp³-hybridized carbons (Fsp3) is 0.417. The van der Waals surface area contributed by atoms with Crippen molar-refractivity contribution >= 4 is 31.4 Å². The topological polar surface area (TPSA) is 203 Å². The van der Waals surface area contributed by atoms with Gasteiger partial charge in [-0.2, -0.15) is 8.62 Å². The third kappa shape index (κ3) is 6.67. The lowest BCUT2D eigenvalue weighted by Gasteiger charge is -2.26. The molecule has 0 bridgehead atoms. The van der Waals surface area contributed by atoms with Crippen molar-refractivity contribution in [3.63, 3.8) is 0 Å². The van der Waals surface area contributed by atoms with Crippen LogP contribution < -0.4 is 0 Å². The first-order valence-electron chi connectivity index (χ1n) is 13.3. The van der Waals surface area contributed by atoms with E-state index in [-0.39, 0.29) is 12.6 Å². The molecule has 2 aromatic carbocycles. The molecule has 1 aromatic heterocycles. The third-order valence-corrected chi connectivity index (χ3v) is 11.6. The average molecular weight is 652 g/mol. The molecule has 5 unspecified atom stereocenters. The van der Waals surface area contributed by atoms with Gasteiger partial charge in [-0.3, -0.25) is 4.52 Å². The van der Waals surface area contributed by atoms with Crippen LogP contribution in [0.4, 0.5) is 0 Å². The van der Waals surface area contributed by atoms with Crippen LogP contribution in [-0.2, 0) is 38.2 Å². The monoisotopic (exact) mass is 652 g/mol. The molecule has 3 aliphatic rings. The van der Waals surface area contributed by atoms with Crippen molar-refractivity contribution in [2.24, 2.45) is 5.92 Å². The van der Waals surface area contributed by atoms with Crippen LogP contribution in [0.5, 0.6) is 0 Å². The van der Waals surface area contributed by atoms with Crippen molar-refractivity contribution in [2.75, 3.05) is 6.61 Å². The minimum Gasteiger partial charge on any atom is -0.358 e.